The SMILES string of the molecule is Cc1onc(NS(=O)(=O)c2ccc3c(c2)CN([C@H](C)c2ccc(OCC(F)(F)F)nc2)CC3)c1-c1cnn(C)c1. The number of anilines is 1. The summed E-state index contributed by atoms with van der Waals surface area (Å²) in [6.45, 7) is 3.46. The minimum atomic E-state index is -4.44. The molecule has 1 aliphatic heterocycles. The van der Waals surface area contributed by atoms with Crippen molar-refractivity contribution in [3.8, 4) is 17.0 Å². The van der Waals surface area contributed by atoms with E-state index in [4.69, 9.17) is 9.26 Å². The first-order valence-corrected chi connectivity index (χ1v) is 13.9. The van der Waals surface area contributed by atoms with Crippen molar-refractivity contribution in [2.75, 3.05) is 17.9 Å². The molecule has 0 amide bonds. The molecule has 1 aliphatic rings. The predicted molar refractivity (Wildman–Crippen MR) is 139 cm³/mol. The number of sulfonamides is 1. The van der Waals surface area contributed by atoms with Crippen LogP contribution in [-0.2, 0) is 30.0 Å². The Morgan fingerprint density at radius 2 is 1.98 bits per heavy atom. The van der Waals surface area contributed by atoms with E-state index in [9.17, 15) is 21.6 Å². The maximum atomic E-state index is 13.4. The molecule has 40 heavy (non-hydrogen) atoms. The van der Waals surface area contributed by atoms with Crippen molar-refractivity contribution >= 4 is 15.8 Å². The molecule has 14 heteroatoms. The third-order valence-electron chi connectivity index (χ3n) is 6.79. The molecular formula is C26H27F3N6O4S. The summed E-state index contributed by atoms with van der Waals surface area (Å²) < 4.78 is 78.0. The number of rotatable bonds is 8. The lowest BCUT2D eigenvalue weighted by Gasteiger charge is -2.34. The van der Waals surface area contributed by atoms with Crippen LogP contribution in [0.25, 0.3) is 11.1 Å². The molecule has 3 aromatic heterocycles. The minimum absolute atomic E-state index is 0.0774. The molecule has 0 saturated heterocycles. The van der Waals surface area contributed by atoms with Gasteiger partial charge in [-0.15, -0.1) is 0 Å². The van der Waals surface area contributed by atoms with Gasteiger partial charge in [-0.05, 0) is 49.1 Å². The Kier molecular flexibility index (Phi) is 7.31. The highest BCUT2D eigenvalue weighted by Gasteiger charge is 2.29. The Balaban J connectivity index is 1.31. The van der Waals surface area contributed by atoms with Gasteiger partial charge in [-0.3, -0.25) is 14.3 Å². The summed E-state index contributed by atoms with van der Waals surface area (Å²) in [6, 6.07) is 8.02. The number of benzene rings is 1. The third-order valence-corrected chi connectivity index (χ3v) is 8.13. The third kappa shape index (κ3) is 5.97. The maximum Gasteiger partial charge on any atom is 0.422 e. The number of nitrogens with zero attached hydrogens (tertiary/aromatic N) is 5. The van der Waals surface area contributed by atoms with Crippen molar-refractivity contribution in [1.82, 2.24) is 24.8 Å². The molecule has 0 unspecified atom stereocenters. The smallest absolute Gasteiger partial charge is 0.422 e. The van der Waals surface area contributed by atoms with Crippen LogP contribution in [0.5, 0.6) is 5.88 Å². The van der Waals surface area contributed by atoms with Crippen molar-refractivity contribution in [3.05, 3.63) is 71.4 Å². The van der Waals surface area contributed by atoms with Gasteiger partial charge >= 0.3 is 6.18 Å². The number of alkyl halides is 3. The van der Waals surface area contributed by atoms with E-state index < -0.39 is 22.8 Å². The Bertz CT molecular complexity index is 1620. The fourth-order valence-corrected chi connectivity index (χ4v) is 5.72. The van der Waals surface area contributed by atoms with Crippen LogP contribution in [0.15, 0.2) is 58.3 Å². The highest BCUT2D eigenvalue weighted by molar-refractivity contribution is 7.92. The van der Waals surface area contributed by atoms with E-state index in [1.807, 2.05) is 13.0 Å². The van der Waals surface area contributed by atoms with Gasteiger partial charge in [0.15, 0.2) is 12.4 Å². The molecule has 0 spiro atoms. The molecule has 10 nitrogen and oxygen atoms in total. The van der Waals surface area contributed by atoms with Crippen molar-refractivity contribution < 1.29 is 30.8 Å². The molecule has 0 aliphatic carbocycles. The van der Waals surface area contributed by atoms with Gasteiger partial charge in [0.2, 0.25) is 5.88 Å². The van der Waals surface area contributed by atoms with Crippen LogP contribution in [0.4, 0.5) is 19.0 Å². The first-order valence-electron chi connectivity index (χ1n) is 12.4. The van der Waals surface area contributed by atoms with Crippen molar-refractivity contribution in [3.63, 3.8) is 0 Å². The second-order valence-corrected chi connectivity index (χ2v) is 11.3. The quantitative estimate of drug-likeness (QED) is 0.323. The lowest BCUT2D eigenvalue weighted by molar-refractivity contribution is -0.154. The number of hydrogen-bond donors (Lipinski definition) is 1. The summed E-state index contributed by atoms with van der Waals surface area (Å²) >= 11 is 0. The molecule has 0 bridgehead atoms. The number of fused-ring (bicyclic) bond motifs is 1. The van der Waals surface area contributed by atoms with Crippen LogP contribution in [0.1, 0.15) is 35.4 Å². The Morgan fingerprint density at radius 3 is 2.65 bits per heavy atom. The number of aryl methyl sites for hydroxylation is 2. The van der Waals surface area contributed by atoms with E-state index in [0.717, 1.165) is 23.2 Å². The zero-order chi connectivity index (χ0) is 28.7. The number of pyridine rings is 1. The predicted octanol–water partition coefficient (Wildman–Crippen LogP) is 4.64. The fourth-order valence-electron chi connectivity index (χ4n) is 4.66. The molecule has 4 heterocycles. The summed E-state index contributed by atoms with van der Waals surface area (Å²) in [7, 11) is -2.23. The number of ether oxygens (including phenoxy) is 1. The molecule has 5 rings (SSSR count). The zero-order valence-electron chi connectivity index (χ0n) is 21.9. The Morgan fingerprint density at radius 1 is 1.18 bits per heavy atom. The van der Waals surface area contributed by atoms with Gasteiger partial charge in [-0.1, -0.05) is 17.3 Å². The van der Waals surface area contributed by atoms with Gasteiger partial charge in [0.25, 0.3) is 10.0 Å². The molecule has 0 radical (unpaired) electrons. The largest absolute Gasteiger partial charge is 0.468 e. The highest BCUT2D eigenvalue weighted by atomic mass is 32.2. The van der Waals surface area contributed by atoms with E-state index in [1.54, 1.807) is 49.2 Å². The summed E-state index contributed by atoms with van der Waals surface area (Å²) in [4.78, 5) is 6.25. The van der Waals surface area contributed by atoms with Gasteiger partial charge in [0, 0.05) is 50.2 Å². The van der Waals surface area contributed by atoms with Gasteiger partial charge in [-0.2, -0.15) is 18.3 Å². The van der Waals surface area contributed by atoms with Crippen LogP contribution < -0.4 is 9.46 Å². The zero-order valence-corrected chi connectivity index (χ0v) is 22.8. The van der Waals surface area contributed by atoms with Gasteiger partial charge in [0.1, 0.15) is 5.76 Å². The van der Waals surface area contributed by atoms with E-state index in [2.05, 4.69) is 24.9 Å². The molecule has 1 N–H and O–H groups in total. The number of halogens is 3. The molecule has 1 atom stereocenters. The van der Waals surface area contributed by atoms with Gasteiger partial charge < -0.3 is 9.26 Å². The fraction of sp³-hybridized carbons (Fsp3) is 0.346. The minimum Gasteiger partial charge on any atom is -0.468 e. The Hall–Kier alpha value is -3.91. The Labute approximate surface area is 228 Å². The van der Waals surface area contributed by atoms with Crippen molar-refractivity contribution in [2.45, 2.75) is 43.9 Å². The first-order chi connectivity index (χ1) is 18.9. The number of nitrogens with one attached hydrogen (secondary N) is 1. The molecule has 1 aromatic carbocycles. The van der Waals surface area contributed by atoms with E-state index in [1.165, 1.54) is 12.3 Å². The molecular weight excluding hydrogens is 549 g/mol. The second-order valence-electron chi connectivity index (χ2n) is 9.63. The van der Waals surface area contributed by atoms with Gasteiger partial charge in [-0.25, -0.2) is 13.4 Å². The lowest BCUT2D eigenvalue weighted by atomic mass is 9.97. The van der Waals surface area contributed by atoms with Crippen molar-refractivity contribution in [1.29, 1.82) is 0 Å². The maximum absolute atomic E-state index is 13.4. The van der Waals surface area contributed by atoms with Gasteiger partial charge in [0.05, 0.1) is 16.7 Å². The second kappa shape index (κ2) is 10.6. The molecule has 4 aromatic rings. The lowest BCUT2D eigenvalue weighted by Crippen LogP contribution is -2.33. The summed E-state index contributed by atoms with van der Waals surface area (Å²) in [5.74, 6) is 0.428. The first kappa shape index (κ1) is 27.6. The van der Waals surface area contributed by atoms with Crippen LogP contribution >= 0.6 is 0 Å². The normalized spacial score (nSPS) is 15.1. The van der Waals surface area contributed by atoms with Crippen LogP contribution in [0.3, 0.4) is 0 Å². The van der Waals surface area contributed by atoms with E-state index >= 15 is 0 Å². The standard InChI is InChI=1S/C26H27F3N6O4S/c1-16(19-5-7-23(30-11-19)38-15-26(27,28)29)35-9-8-18-4-6-22(10-20(18)14-35)40(36,37)33-25-24(17(2)39-32-25)21-12-31-34(3)13-21/h4-7,10-13,16H,8-9,14-15H2,1-3H3,(H,32,33)/t16-/m1/s1. The monoisotopic (exact) mass is 576 g/mol. The summed E-state index contributed by atoms with van der Waals surface area (Å²) in [5.41, 5.74) is 3.90. The van der Waals surface area contributed by atoms with Crippen LogP contribution in [-0.4, -0.2) is 52.6 Å². The average Bonchev–Trinajstić information content (AvgIpc) is 3.50. The van der Waals surface area contributed by atoms with Crippen LogP contribution in [0.2, 0.25) is 0 Å². The number of hydrogen-bond acceptors (Lipinski definition) is 8. The molecule has 212 valence electrons. The van der Waals surface area contributed by atoms with Crippen molar-refractivity contribution in [2.24, 2.45) is 7.05 Å². The molecule has 0 saturated carbocycles. The van der Waals surface area contributed by atoms with Crippen LogP contribution in [0, 0.1) is 6.92 Å². The summed E-state index contributed by atoms with van der Waals surface area (Å²) in [5, 5.41) is 8.05. The van der Waals surface area contributed by atoms with E-state index in [0.29, 0.717) is 29.9 Å². The average molecular weight is 577 g/mol. The summed E-state index contributed by atoms with van der Waals surface area (Å²) in [6.07, 6.45) is 1.11. The number of aromatic nitrogens is 4. The topological polar surface area (TPSA) is 115 Å². The van der Waals surface area contributed by atoms with E-state index in [-0.39, 0.29) is 22.6 Å². The highest BCUT2D eigenvalue weighted by Crippen LogP contribution is 2.33. The molecule has 0 fully saturated rings.